The van der Waals surface area contributed by atoms with Crippen molar-refractivity contribution in [3.05, 3.63) is 64.1 Å². The zero-order valence-corrected chi connectivity index (χ0v) is 17.4. The molecule has 0 bridgehead atoms. The van der Waals surface area contributed by atoms with E-state index in [1.54, 1.807) is 12.1 Å². The lowest BCUT2D eigenvalue weighted by molar-refractivity contribution is 0.168. The Labute approximate surface area is 164 Å². The Morgan fingerprint density at radius 1 is 1.15 bits per heavy atom. The fourth-order valence-electron chi connectivity index (χ4n) is 3.36. The first-order valence-electron chi connectivity index (χ1n) is 8.96. The third kappa shape index (κ3) is 5.16. The molecule has 1 atom stereocenters. The van der Waals surface area contributed by atoms with Crippen LogP contribution in [-0.4, -0.2) is 33.0 Å². The number of nitrogens with one attached hydrogen (secondary N) is 1. The molecule has 1 aliphatic heterocycles. The number of halogens is 1. The van der Waals surface area contributed by atoms with E-state index in [0.717, 1.165) is 42.5 Å². The van der Waals surface area contributed by atoms with Gasteiger partial charge in [0.05, 0.1) is 4.90 Å². The minimum absolute atomic E-state index is 0.337. The fraction of sp³-hybridized carbons (Fsp3) is 0.400. The molecule has 2 aromatic rings. The second-order valence-electron chi connectivity index (χ2n) is 7.00. The van der Waals surface area contributed by atoms with Crippen molar-refractivity contribution in [3.8, 4) is 0 Å². The monoisotopic (exact) mass is 436 g/mol. The number of hydrogen-bond acceptors (Lipinski definition) is 3. The number of aryl methyl sites for hydroxylation is 1. The van der Waals surface area contributed by atoms with E-state index in [-0.39, 0.29) is 0 Å². The highest BCUT2D eigenvalue weighted by molar-refractivity contribution is 9.10. The van der Waals surface area contributed by atoms with E-state index < -0.39 is 10.0 Å². The number of likely N-dealkylation sites (tertiary alicyclic amines) is 1. The van der Waals surface area contributed by atoms with E-state index in [4.69, 9.17) is 0 Å². The first-order valence-corrected chi connectivity index (χ1v) is 11.2. The lowest BCUT2D eigenvalue weighted by atomic mass is 9.98. The molecule has 1 N–H and O–H groups in total. The van der Waals surface area contributed by atoms with Gasteiger partial charge < -0.3 is 0 Å². The van der Waals surface area contributed by atoms with Crippen molar-refractivity contribution < 1.29 is 8.42 Å². The Balaban J connectivity index is 1.56. The number of nitrogens with zero attached hydrogens (tertiary/aromatic N) is 1. The van der Waals surface area contributed by atoms with Crippen molar-refractivity contribution in [2.45, 2.75) is 31.2 Å². The molecular formula is C20H25BrN2O2S. The summed E-state index contributed by atoms with van der Waals surface area (Å²) in [6, 6.07) is 15.3. The summed E-state index contributed by atoms with van der Waals surface area (Å²) in [7, 11) is -3.44. The quantitative estimate of drug-likeness (QED) is 0.745. The van der Waals surface area contributed by atoms with Gasteiger partial charge in [0.25, 0.3) is 0 Å². The summed E-state index contributed by atoms with van der Waals surface area (Å²) in [6.45, 7) is 5.30. The van der Waals surface area contributed by atoms with Crippen molar-refractivity contribution in [1.29, 1.82) is 0 Å². The van der Waals surface area contributed by atoms with Crippen LogP contribution in [0.4, 0.5) is 0 Å². The van der Waals surface area contributed by atoms with Crippen molar-refractivity contribution in [3.63, 3.8) is 0 Å². The van der Waals surface area contributed by atoms with Crippen LogP contribution in [0.2, 0.25) is 0 Å². The first kappa shape index (κ1) is 19.5. The maximum atomic E-state index is 12.5. The van der Waals surface area contributed by atoms with Crippen molar-refractivity contribution in [1.82, 2.24) is 9.62 Å². The summed E-state index contributed by atoms with van der Waals surface area (Å²) in [5.74, 6) is 0.339. The summed E-state index contributed by atoms with van der Waals surface area (Å²) in [5.41, 5.74) is 2.33. The maximum Gasteiger partial charge on any atom is 0.240 e. The van der Waals surface area contributed by atoms with Crippen LogP contribution in [0, 0.1) is 12.8 Å². The lowest BCUT2D eigenvalue weighted by Gasteiger charge is -2.33. The predicted molar refractivity (Wildman–Crippen MR) is 109 cm³/mol. The average molecular weight is 437 g/mol. The molecule has 0 aliphatic carbocycles. The Hall–Kier alpha value is -1.21. The van der Waals surface area contributed by atoms with Gasteiger partial charge in [-0.05, 0) is 56.0 Å². The summed E-state index contributed by atoms with van der Waals surface area (Å²) in [4.78, 5) is 2.75. The minimum Gasteiger partial charge on any atom is -0.299 e. The molecule has 3 rings (SSSR count). The highest BCUT2D eigenvalue weighted by Crippen LogP contribution is 2.22. The third-order valence-electron chi connectivity index (χ3n) is 4.85. The minimum atomic E-state index is -3.44. The van der Waals surface area contributed by atoms with E-state index in [9.17, 15) is 8.42 Å². The molecule has 1 fully saturated rings. The predicted octanol–water partition coefficient (Wildman–Crippen LogP) is 3.95. The van der Waals surface area contributed by atoms with Crippen molar-refractivity contribution in [2.24, 2.45) is 5.92 Å². The van der Waals surface area contributed by atoms with Crippen LogP contribution in [0.15, 0.2) is 57.9 Å². The molecule has 0 amide bonds. The smallest absolute Gasteiger partial charge is 0.240 e. The average Bonchev–Trinajstić information content (AvgIpc) is 2.63. The van der Waals surface area contributed by atoms with Gasteiger partial charge >= 0.3 is 0 Å². The number of benzene rings is 2. The normalized spacial score (nSPS) is 18.8. The van der Waals surface area contributed by atoms with Gasteiger partial charge in [-0.15, -0.1) is 0 Å². The van der Waals surface area contributed by atoms with Gasteiger partial charge in [-0.1, -0.05) is 51.8 Å². The zero-order valence-electron chi connectivity index (χ0n) is 15.0. The van der Waals surface area contributed by atoms with Crippen LogP contribution in [0.3, 0.4) is 0 Å². The van der Waals surface area contributed by atoms with Gasteiger partial charge in [0.2, 0.25) is 10.0 Å². The molecular weight excluding hydrogens is 412 g/mol. The lowest BCUT2D eigenvalue weighted by Crippen LogP contribution is -2.40. The van der Waals surface area contributed by atoms with Gasteiger partial charge in [0, 0.05) is 24.1 Å². The number of rotatable bonds is 6. The molecule has 0 saturated carbocycles. The maximum absolute atomic E-state index is 12.5. The number of piperidine rings is 1. The van der Waals surface area contributed by atoms with E-state index in [2.05, 4.69) is 43.8 Å². The van der Waals surface area contributed by atoms with Crippen LogP contribution in [0.5, 0.6) is 0 Å². The van der Waals surface area contributed by atoms with Crippen LogP contribution < -0.4 is 4.72 Å². The molecule has 1 heterocycles. The molecule has 140 valence electrons. The second-order valence-corrected chi connectivity index (χ2v) is 9.62. The van der Waals surface area contributed by atoms with Crippen LogP contribution in [0.1, 0.15) is 24.0 Å². The molecule has 2 aromatic carbocycles. The molecule has 1 saturated heterocycles. The molecule has 26 heavy (non-hydrogen) atoms. The highest BCUT2D eigenvalue weighted by Gasteiger charge is 2.23. The van der Waals surface area contributed by atoms with Crippen LogP contribution in [-0.2, 0) is 16.6 Å². The number of sulfonamides is 1. The highest BCUT2D eigenvalue weighted by atomic mass is 79.9. The van der Waals surface area contributed by atoms with E-state index in [1.807, 2.05) is 25.1 Å². The van der Waals surface area contributed by atoms with Crippen molar-refractivity contribution in [2.75, 3.05) is 19.6 Å². The fourth-order valence-corrected chi connectivity index (χ4v) is 4.88. The molecule has 4 nitrogen and oxygen atoms in total. The Bertz CT molecular complexity index is 837. The Morgan fingerprint density at radius 3 is 2.62 bits per heavy atom. The molecule has 1 aliphatic rings. The largest absolute Gasteiger partial charge is 0.299 e. The van der Waals surface area contributed by atoms with E-state index in [1.165, 1.54) is 5.56 Å². The SMILES string of the molecule is Cc1ccc(S(=O)(=O)NCC2CCCN(Cc3ccccc3Br)C2)cc1. The third-order valence-corrected chi connectivity index (χ3v) is 7.06. The van der Waals surface area contributed by atoms with E-state index >= 15 is 0 Å². The van der Waals surface area contributed by atoms with Gasteiger partial charge in [-0.2, -0.15) is 0 Å². The standard InChI is InChI=1S/C20H25BrN2O2S/c1-16-8-10-19(11-9-16)26(24,25)22-13-17-5-4-12-23(14-17)15-18-6-2-3-7-20(18)21/h2-3,6-11,17,22H,4-5,12-15H2,1H3. The Kier molecular flexibility index (Phi) is 6.51. The molecule has 0 aromatic heterocycles. The van der Waals surface area contributed by atoms with Crippen LogP contribution in [0.25, 0.3) is 0 Å². The summed E-state index contributed by atoms with van der Waals surface area (Å²) >= 11 is 3.61. The van der Waals surface area contributed by atoms with Gasteiger partial charge in [0.15, 0.2) is 0 Å². The molecule has 6 heteroatoms. The van der Waals surface area contributed by atoms with Crippen LogP contribution >= 0.6 is 15.9 Å². The van der Waals surface area contributed by atoms with Crippen molar-refractivity contribution >= 4 is 26.0 Å². The second kappa shape index (κ2) is 8.65. The Morgan fingerprint density at radius 2 is 1.88 bits per heavy atom. The molecule has 0 spiro atoms. The van der Waals surface area contributed by atoms with Gasteiger partial charge in [0.1, 0.15) is 0 Å². The van der Waals surface area contributed by atoms with Gasteiger partial charge in [-0.25, -0.2) is 13.1 Å². The molecule has 1 unspecified atom stereocenters. The van der Waals surface area contributed by atoms with E-state index in [0.29, 0.717) is 17.4 Å². The summed E-state index contributed by atoms with van der Waals surface area (Å²) in [5, 5.41) is 0. The first-order chi connectivity index (χ1) is 12.4. The molecule has 0 radical (unpaired) electrons. The van der Waals surface area contributed by atoms with Gasteiger partial charge in [-0.3, -0.25) is 4.90 Å². The zero-order chi connectivity index (χ0) is 18.6. The summed E-state index contributed by atoms with van der Waals surface area (Å²) in [6.07, 6.45) is 2.16. The number of hydrogen-bond donors (Lipinski definition) is 1. The topological polar surface area (TPSA) is 49.4 Å². The summed E-state index contributed by atoms with van der Waals surface area (Å²) < 4.78 is 28.9.